The van der Waals surface area contributed by atoms with Gasteiger partial charge < -0.3 is 10.1 Å². The second kappa shape index (κ2) is 8.63. The molecule has 0 radical (unpaired) electrons. The molecule has 0 aromatic heterocycles. The molecule has 1 fully saturated rings. The molecule has 20 heavy (non-hydrogen) atoms. The van der Waals surface area contributed by atoms with E-state index in [-0.39, 0.29) is 5.97 Å². The van der Waals surface area contributed by atoms with E-state index in [1.807, 2.05) is 0 Å². The van der Waals surface area contributed by atoms with Crippen LogP contribution in [0.15, 0.2) is 0 Å². The third-order valence-electron chi connectivity index (χ3n) is 4.13. The summed E-state index contributed by atoms with van der Waals surface area (Å²) in [5, 5.41) is 3.67. The zero-order chi connectivity index (χ0) is 15.1. The van der Waals surface area contributed by atoms with Crippen LogP contribution < -0.4 is 5.32 Å². The van der Waals surface area contributed by atoms with E-state index >= 15 is 0 Å². The highest BCUT2D eigenvalue weighted by atomic mass is 16.5. The molecular formula is C16H32N2O2. The Morgan fingerprint density at radius 2 is 2.00 bits per heavy atom. The molecule has 0 aromatic rings. The molecule has 0 saturated carbocycles. The van der Waals surface area contributed by atoms with Crippen LogP contribution in [0.1, 0.15) is 47.0 Å². The lowest BCUT2D eigenvalue weighted by atomic mass is 9.90. The topological polar surface area (TPSA) is 41.6 Å². The van der Waals surface area contributed by atoms with Crippen LogP contribution in [0.3, 0.4) is 0 Å². The normalized spacial score (nSPS) is 24.4. The van der Waals surface area contributed by atoms with E-state index < -0.39 is 0 Å². The molecular weight excluding hydrogens is 252 g/mol. The highest BCUT2D eigenvalue weighted by Crippen LogP contribution is 2.22. The smallest absolute Gasteiger partial charge is 0.305 e. The first kappa shape index (κ1) is 17.4. The summed E-state index contributed by atoms with van der Waals surface area (Å²) >= 11 is 0. The lowest BCUT2D eigenvalue weighted by molar-refractivity contribution is -0.142. The van der Waals surface area contributed by atoms with Crippen molar-refractivity contribution in [1.82, 2.24) is 10.2 Å². The highest BCUT2D eigenvalue weighted by Gasteiger charge is 2.29. The van der Waals surface area contributed by atoms with Crippen molar-refractivity contribution in [3.63, 3.8) is 0 Å². The van der Waals surface area contributed by atoms with Gasteiger partial charge >= 0.3 is 5.97 Å². The van der Waals surface area contributed by atoms with Crippen LogP contribution in [-0.4, -0.2) is 49.7 Å². The number of hydrogen-bond acceptors (Lipinski definition) is 4. The van der Waals surface area contributed by atoms with Gasteiger partial charge in [0.15, 0.2) is 0 Å². The number of ether oxygens (including phenoxy) is 1. The molecule has 4 nitrogen and oxygen atoms in total. The van der Waals surface area contributed by atoms with Crippen molar-refractivity contribution in [2.24, 2.45) is 11.8 Å². The van der Waals surface area contributed by atoms with Gasteiger partial charge in [-0.2, -0.15) is 0 Å². The number of likely N-dealkylation sites (tertiary alicyclic amines) is 1. The molecule has 1 aliphatic rings. The van der Waals surface area contributed by atoms with Crippen molar-refractivity contribution < 1.29 is 9.53 Å². The van der Waals surface area contributed by atoms with Gasteiger partial charge in [-0.25, -0.2) is 0 Å². The molecule has 4 heteroatoms. The van der Waals surface area contributed by atoms with E-state index in [1.165, 1.54) is 13.5 Å². The van der Waals surface area contributed by atoms with Crippen LogP contribution in [0.4, 0.5) is 0 Å². The van der Waals surface area contributed by atoms with E-state index in [0.717, 1.165) is 32.0 Å². The first-order chi connectivity index (χ1) is 9.42. The van der Waals surface area contributed by atoms with Crippen LogP contribution in [0.25, 0.3) is 0 Å². The number of carbonyl (C=O) groups excluding carboxylic acids is 1. The lowest BCUT2D eigenvalue weighted by Gasteiger charge is -2.40. The average molecular weight is 284 g/mol. The Labute approximate surface area is 124 Å². The number of methoxy groups -OCH3 is 1. The van der Waals surface area contributed by atoms with Crippen molar-refractivity contribution in [2.75, 3.05) is 26.7 Å². The van der Waals surface area contributed by atoms with Crippen LogP contribution in [0.5, 0.6) is 0 Å². The summed E-state index contributed by atoms with van der Waals surface area (Å²) < 4.78 is 4.82. The van der Waals surface area contributed by atoms with Crippen molar-refractivity contribution in [1.29, 1.82) is 0 Å². The number of carbonyl (C=O) groups is 1. The van der Waals surface area contributed by atoms with Gasteiger partial charge in [0.2, 0.25) is 0 Å². The Morgan fingerprint density at radius 3 is 2.55 bits per heavy atom. The number of hydrogen-bond donors (Lipinski definition) is 1. The molecule has 118 valence electrons. The predicted molar refractivity (Wildman–Crippen MR) is 82.7 cm³/mol. The number of piperidine rings is 1. The molecule has 1 saturated heterocycles. The predicted octanol–water partition coefficient (Wildman–Crippen LogP) is 2.28. The summed E-state index contributed by atoms with van der Waals surface area (Å²) in [4.78, 5) is 14.0. The Morgan fingerprint density at radius 1 is 1.30 bits per heavy atom. The van der Waals surface area contributed by atoms with Gasteiger partial charge in [0.05, 0.1) is 7.11 Å². The minimum absolute atomic E-state index is 0.0819. The molecule has 0 bridgehead atoms. The first-order valence-corrected chi connectivity index (χ1v) is 7.96. The maximum Gasteiger partial charge on any atom is 0.305 e. The molecule has 2 atom stereocenters. The standard InChI is InChI=1S/C16H32N2O2/c1-12(2)6-7-17-15-8-14(9-16(19)20-5)10-18(11-15)13(3)4/h12-15,17H,6-11H2,1-5H3. The molecule has 1 heterocycles. The maximum atomic E-state index is 11.5. The van der Waals surface area contributed by atoms with E-state index in [1.54, 1.807) is 0 Å². The van der Waals surface area contributed by atoms with E-state index in [9.17, 15) is 4.79 Å². The van der Waals surface area contributed by atoms with Crippen molar-refractivity contribution in [3.8, 4) is 0 Å². The molecule has 0 spiro atoms. The number of rotatable bonds is 7. The summed E-state index contributed by atoms with van der Waals surface area (Å²) in [6, 6.07) is 1.03. The largest absolute Gasteiger partial charge is 0.469 e. The zero-order valence-corrected chi connectivity index (χ0v) is 13.8. The minimum atomic E-state index is -0.0819. The molecule has 0 amide bonds. The van der Waals surface area contributed by atoms with Crippen molar-refractivity contribution in [2.45, 2.75) is 59.0 Å². The minimum Gasteiger partial charge on any atom is -0.469 e. The summed E-state index contributed by atoms with van der Waals surface area (Å²) in [7, 11) is 1.48. The molecule has 0 aromatic carbocycles. The van der Waals surface area contributed by atoms with Gasteiger partial charge in [-0.3, -0.25) is 9.69 Å². The Kier molecular flexibility index (Phi) is 7.52. The van der Waals surface area contributed by atoms with E-state index in [2.05, 4.69) is 37.9 Å². The number of nitrogens with zero attached hydrogens (tertiary/aromatic N) is 1. The zero-order valence-electron chi connectivity index (χ0n) is 13.8. The fourth-order valence-corrected chi connectivity index (χ4v) is 2.85. The fraction of sp³-hybridized carbons (Fsp3) is 0.938. The summed E-state index contributed by atoms with van der Waals surface area (Å²) in [6.45, 7) is 12.1. The van der Waals surface area contributed by atoms with Gasteiger partial charge in [-0.1, -0.05) is 13.8 Å². The number of esters is 1. The van der Waals surface area contributed by atoms with Gasteiger partial charge in [-0.15, -0.1) is 0 Å². The van der Waals surface area contributed by atoms with Gasteiger partial charge in [-0.05, 0) is 45.1 Å². The van der Waals surface area contributed by atoms with E-state index in [0.29, 0.717) is 24.4 Å². The highest BCUT2D eigenvalue weighted by molar-refractivity contribution is 5.69. The Hall–Kier alpha value is -0.610. The monoisotopic (exact) mass is 284 g/mol. The first-order valence-electron chi connectivity index (χ1n) is 7.96. The third-order valence-corrected chi connectivity index (χ3v) is 4.13. The number of nitrogens with one attached hydrogen (secondary N) is 1. The Bertz CT molecular complexity index is 292. The molecule has 1 aliphatic heterocycles. The maximum absolute atomic E-state index is 11.5. The molecule has 2 unspecified atom stereocenters. The molecule has 1 rings (SSSR count). The van der Waals surface area contributed by atoms with Gasteiger partial charge in [0.1, 0.15) is 0 Å². The summed E-state index contributed by atoms with van der Waals surface area (Å²) in [5.74, 6) is 1.06. The second-order valence-electron chi connectivity index (χ2n) is 6.76. The lowest BCUT2D eigenvalue weighted by Crippen LogP contribution is -2.52. The average Bonchev–Trinajstić information content (AvgIpc) is 2.37. The molecule has 0 aliphatic carbocycles. The summed E-state index contributed by atoms with van der Waals surface area (Å²) in [6.07, 6.45) is 2.83. The van der Waals surface area contributed by atoms with Crippen LogP contribution in [0, 0.1) is 11.8 Å². The SMILES string of the molecule is COC(=O)CC1CC(NCCC(C)C)CN(C(C)C)C1. The van der Waals surface area contributed by atoms with Crippen LogP contribution in [-0.2, 0) is 9.53 Å². The quantitative estimate of drug-likeness (QED) is 0.728. The van der Waals surface area contributed by atoms with Crippen molar-refractivity contribution >= 4 is 5.97 Å². The summed E-state index contributed by atoms with van der Waals surface area (Å²) in [5.41, 5.74) is 0. The van der Waals surface area contributed by atoms with Gasteiger partial charge in [0, 0.05) is 31.6 Å². The fourth-order valence-electron chi connectivity index (χ4n) is 2.85. The second-order valence-corrected chi connectivity index (χ2v) is 6.76. The van der Waals surface area contributed by atoms with Gasteiger partial charge in [0.25, 0.3) is 0 Å². The Balaban J connectivity index is 2.49. The van der Waals surface area contributed by atoms with Crippen molar-refractivity contribution in [3.05, 3.63) is 0 Å². The van der Waals surface area contributed by atoms with Crippen LogP contribution >= 0.6 is 0 Å². The third kappa shape index (κ3) is 6.23. The molecule has 1 N–H and O–H groups in total. The van der Waals surface area contributed by atoms with Crippen LogP contribution in [0.2, 0.25) is 0 Å². The van der Waals surface area contributed by atoms with E-state index in [4.69, 9.17) is 4.74 Å².